The summed E-state index contributed by atoms with van der Waals surface area (Å²) < 4.78 is 28.8. The van der Waals surface area contributed by atoms with E-state index in [9.17, 15) is 18.0 Å². The highest BCUT2D eigenvalue weighted by Gasteiger charge is 2.34. The quantitative estimate of drug-likeness (QED) is 0.285. The fourth-order valence-electron chi connectivity index (χ4n) is 4.05. The number of nitrogens with one attached hydrogen (secondary N) is 1. The Labute approximate surface area is 247 Å². The lowest BCUT2D eigenvalue weighted by Gasteiger charge is -2.33. The van der Waals surface area contributed by atoms with Crippen molar-refractivity contribution < 1.29 is 18.0 Å². The lowest BCUT2D eigenvalue weighted by molar-refractivity contribution is -0.139. The molecule has 0 radical (unpaired) electrons. The number of carbonyl (C=O) groups is 2. The van der Waals surface area contributed by atoms with E-state index in [0.29, 0.717) is 0 Å². The molecule has 7 nitrogen and oxygen atoms in total. The van der Waals surface area contributed by atoms with Crippen molar-refractivity contribution in [3.8, 4) is 0 Å². The third kappa shape index (κ3) is 7.56. The van der Waals surface area contributed by atoms with E-state index < -0.39 is 28.5 Å². The zero-order valence-electron chi connectivity index (χ0n) is 23.3. The minimum Gasteiger partial charge on any atom is -0.352 e. The Morgan fingerprint density at radius 1 is 0.950 bits per heavy atom. The van der Waals surface area contributed by atoms with Gasteiger partial charge in [0, 0.05) is 17.6 Å². The van der Waals surface area contributed by atoms with Crippen molar-refractivity contribution in [2.24, 2.45) is 0 Å². The zero-order valence-corrected chi connectivity index (χ0v) is 25.6. The van der Waals surface area contributed by atoms with E-state index in [1.54, 1.807) is 19.1 Å². The first kappa shape index (κ1) is 31.5. The van der Waals surface area contributed by atoms with Gasteiger partial charge >= 0.3 is 0 Å². The van der Waals surface area contributed by atoms with Gasteiger partial charge in [-0.3, -0.25) is 13.9 Å². The van der Waals surface area contributed by atoms with Crippen LogP contribution in [-0.2, 0) is 26.2 Å². The molecule has 0 fully saturated rings. The molecule has 0 aromatic heterocycles. The van der Waals surface area contributed by atoms with Crippen molar-refractivity contribution in [2.45, 2.75) is 64.6 Å². The largest absolute Gasteiger partial charge is 0.352 e. The summed E-state index contributed by atoms with van der Waals surface area (Å²) in [6.07, 6.45) is 0.722. The first-order valence-electron chi connectivity index (χ1n) is 13.0. The monoisotopic (exact) mass is 603 g/mol. The van der Waals surface area contributed by atoms with Crippen molar-refractivity contribution >= 4 is 50.7 Å². The molecule has 0 spiro atoms. The number of rotatable bonds is 11. The van der Waals surface area contributed by atoms with Crippen LogP contribution >= 0.6 is 23.2 Å². The Bertz CT molecular complexity index is 1460. The van der Waals surface area contributed by atoms with Crippen LogP contribution in [0, 0.1) is 13.8 Å². The van der Waals surface area contributed by atoms with Crippen LogP contribution < -0.4 is 9.62 Å². The van der Waals surface area contributed by atoms with Crippen LogP contribution in [-0.4, -0.2) is 43.8 Å². The van der Waals surface area contributed by atoms with Gasteiger partial charge in [0.2, 0.25) is 11.8 Å². The van der Waals surface area contributed by atoms with Gasteiger partial charge in [0.15, 0.2) is 0 Å². The molecule has 2 unspecified atom stereocenters. The first-order chi connectivity index (χ1) is 18.8. The first-order valence-corrected chi connectivity index (χ1v) is 15.2. The average molecular weight is 605 g/mol. The second-order valence-corrected chi connectivity index (χ2v) is 12.6. The SMILES string of the molecule is CCC(C)NC(=O)C(C)N(Cc1ccccc1C)C(=O)CN(c1cc(Cl)ccc1Cl)S(=O)(=O)c1ccc(C)cc1. The van der Waals surface area contributed by atoms with Crippen LogP contribution in [0.3, 0.4) is 0 Å². The summed E-state index contributed by atoms with van der Waals surface area (Å²) >= 11 is 12.7. The summed E-state index contributed by atoms with van der Waals surface area (Å²) in [5, 5.41) is 3.30. The summed E-state index contributed by atoms with van der Waals surface area (Å²) in [6, 6.07) is 17.3. The third-order valence-electron chi connectivity index (χ3n) is 6.83. The molecule has 0 saturated carbocycles. The molecule has 214 valence electrons. The number of carbonyl (C=O) groups excluding carboxylic acids is 2. The molecule has 2 atom stereocenters. The molecular formula is C30H35Cl2N3O4S. The van der Waals surface area contributed by atoms with E-state index in [1.807, 2.05) is 52.0 Å². The Morgan fingerprint density at radius 3 is 2.23 bits per heavy atom. The predicted octanol–water partition coefficient (Wildman–Crippen LogP) is 6.14. The molecule has 2 amide bonds. The molecule has 1 N–H and O–H groups in total. The fourth-order valence-corrected chi connectivity index (χ4v) is 5.91. The van der Waals surface area contributed by atoms with E-state index in [4.69, 9.17) is 23.2 Å². The Kier molecular flexibility index (Phi) is 10.6. The van der Waals surface area contributed by atoms with Gasteiger partial charge in [-0.2, -0.15) is 0 Å². The van der Waals surface area contributed by atoms with Crippen molar-refractivity contribution in [3.63, 3.8) is 0 Å². The highest BCUT2D eigenvalue weighted by Crippen LogP contribution is 2.33. The smallest absolute Gasteiger partial charge is 0.264 e. The van der Waals surface area contributed by atoms with E-state index in [-0.39, 0.29) is 39.1 Å². The van der Waals surface area contributed by atoms with Gasteiger partial charge in [0.25, 0.3) is 10.0 Å². The molecule has 40 heavy (non-hydrogen) atoms. The maximum atomic E-state index is 14.0. The lowest BCUT2D eigenvalue weighted by atomic mass is 10.1. The second kappa shape index (κ2) is 13.5. The molecule has 0 bridgehead atoms. The number of amides is 2. The normalized spacial score (nSPS) is 12.9. The number of anilines is 1. The van der Waals surface area contributed by atoms with E-state index in [1.165, 1.54) is 35.2 Å². The van der Waals surface area contributed by atoms with Gasteiger partial charge in [0.05, 0.1) is 15.6 Å². The van der Waals surface area contributed by atoms with Crippen LogP contribution in [0.2, 0.25) is 10.0 Å². The molecule has 10 heteroatoms. The number of nitrogens with zero attached hydrogens (tertiary/aromatic N) is 2. The van der Waals surface area contributed by atoms with Crippen LogP contribution in [0.1, 0.15) is 43.9 Å². The number of sulfonamides is 1. The highest BCUT2D eigenvalue weighted by atomic mass is 35.5. The molecule has 0 saturated heterocycles. The number of hydrogen-bond donors (Lipinski definition) is 1. The molecule has 0 heterocycles. The third-order valence-corrected chi connectivity index (χ3v) is 9.16. The summed E-state index contributed by atoms with van der Waals surface area (Å²) in [5.41, 5.74) is 2.73. The van der Waals surface area contributed by atoms with Crippen molar-refractivity contribution in [2.75, 3.05) is 10.8 Å². The predicted molar refractivity (Wildman–Crippen MR) is 161 cm³/mol. The molecule has 0 aliphatic heterocycles. The highest BCUT2D eigenvalue weighted by molar-refractivity contribution is 7.92. The van der Waals surface area contributed by atoms with Crippen LogP contribution in [0.4, 0.5) is 5.69 Å². The molecule has 0 aliphatic rings. The van der Waals surface area contributed by atoms with E-state index in [0.717, 1.165) is 27.4 Å². The maximum absolute atomic E-state index is 14.0. The Morgan fingerprint density at radius 2 is 1.60 bits per heavy atom. The van der Waals surface area contributed by atoms with E-state index >= 15 is 0 Å². The van der Waals surface area contributed by atoms with Crippen LogP contribution in [0.25, 0.3) is 0 Å². The van der Waals surface area contributed by atoms with E-state index in [2.05, 4.69) is 5.32 Å². The maximum Gasteiger partial charge on any atom is 0.264 e. The standard InChI is InChI=1S/C30H35Cl2N3O4S/c1-6-22(4)33-30(37)23(5)34(18-24-10-8-7-9-21(24)3)29(36)19-35(28-17-25(31)13-16-27(28)32)40(38,39)26-14-11-20(2)12-15-26/h7-17,22-23H,6,18-19H2,1-5H3,(H,33,37). The molecule has 3 aromatic rings. The van der Waals surface area contributed by atoms with Gasteiger partial charge in [-0.25, -0.2) is 8.42 Å². The minimum atomic E-state index is -4.25. The summed E-state index contributed by atoms with van der Waals surface area (Å²) in [7, 11) is -4.25. The van der Waals surface area contributed by atoms with Crippen molar-refractivity contribution in [3.05, 3.63) is 93.5 Å². The van der Waals surface area contributed by atoms with Crippen molar-refractivity contribution in [1.82, 2.24) is 10.2 Å². The summed E-state index contributed by atoms with van der Waals surface area (Å²) in [6.45, 7) is 8.76. The molecular weight excluding hydrogens is 569 g/mol. The summed E-state index contributed by atoms with van der Waals surface area (Å²) in [5.74, 6) is -0.896. The molecule has 3 aromatic carbocycles. The van der Waals surface area contributed by atoms with Gasteiger partial charge in [-0.15, -0.1) is 0 Å². The van der Waals surface area contributed by atoms with Crippen LogP contribution in [0.5, 0.6) is 0 Å². The number of halogens is 2. The molecule has 0 aliphatic carbocycles. The zero-order chi connectivity index (χ0) is 29.6. The number of benzene rings is 3. The van der Waals surface area contributed by atoms with Crippen molar-refractivity contribution in [1.29, 1.82) is 0 Å². The number of aryl methyl sites for hydroxylation is 2. The van der Waals surface area contributed by atoms with Gasteiger partial charge in [0.1, 0.15) is 12.6 Å². The minimum absolute atomic E-state index is 0.00467. The Balaban J connectivity index is 2.08. The Hall–Kier alpha value is -3.07. The topological polar surface area (TPSA) is 86.8 Å². The number of hydrogen-bond acceptors (Lipinski definition) is 4. The second-order valence-electron chi connectivity index (χ2n) is 9.86. The van der Waals surface area contributed by atoms with Gasteiger partial charge < -0.3 is 10.2 Å². The van der Waals surface area contributed by atoms with Gasteiger partial charge in [-0.05, 0) is 75.6 Å². The lowest BCUT2D eigenvalue weighted by Crippen LogP contribution is -2.52. The van der Waals surface area contributed by atoms with Crippen LogP contribution in [0.15, 0.2) is 71.6 Å². The average Bonchev–Trinajstić information content (AvgIpc) is 2.92. The van der Waals surface area contributed by atoms with Gasteiger partial charge in [-0.1, -0.05) is 72.1 Å². The fraction of sp³-hybridized carbons (Fsp3) is 0.333. The summed E-state index contributed by atoms with van der Waals surface area (Å²) in [4.78, 5) is 28.6. The molecule has 3 rings (SSSR count).